The van der Waals surface area contributed by atoms with E-state index in [2.05, 4.69) is 35.5 Å². The van der Waals surface area contributed by atoms with Crippen molar-refractivity contribution in [2.45, 2.75) is 0 Å². The average Bonchev–Trinajstić information content (AvgIpc) is 3.36. The Morgan fingerprint density at radius 1 is 0.941 bits per heavy atom. The maximum absolute atomic E-state index is 14.0. The molecule has 4 aromatic rings. The van der Waals surface area contributed by atoms with E-state index in [1.165, 1.54) is 6.07 Å². The minimum atomic E-state index is -0.165. The van der Waals surface area contributed by atoms with Gasteiger partial charge in [0.15, 0.2) is 5.69 Å². The third kappa shape index (κ3) is 5.16. The number of aromatic nitrogens is 4. The van der Waals surface area contributed by atoms with E-state index < -0.39 is 0 Å². The Bertz CT molecular complexity index is 1220. The summed E-state index contributed by atoms with van der Waals surface area (Å²) in [5.74, 6) is 1.27. The zero-order valence-corrected chi connectivity index (χ0v) is 19.1. The second-order valence-corrected chi connectivity index (χ2v) is 8.38. The molecule has 0 unspecified atom stereocenters. The highest BCUT2D eigenvalue weighted by atomic mass is 35.5. The van der Waals surface area contributed by atoms with Gasteiger partial charge in [-0.2, -0.15) is 4.98 Å². The fourth-order valence-corrected chi connectivity index (χ4v) is 3.97. The van der Waals surface area contributed by atoms with Gasteiger partial charge in [-0.1, -0.05) is 28.9 Å². The minimum absolute atomic E-state index is 0.165. The van der Waals surface area contributed by atoms with Crippen LogP contribution in [0, 0.1) is 5.82 Å². The van der Waals surface area contributed by atoms with E-state index in [0.717, 1.165) is 44.8 Å². The maximum atomic E-state index is 14.0. The molecule has 1 aliphatic rings. The number of piperazine rings is 1. The summed E-state index contributed by atoms with van der Waals surface area (Å²) in [6.07, 6.45) is 0. The molecular formula is C24H23ClFN7O. The third-order valence-corrected chi connectivity index (χ3v) is 5.96. The number of hydrogen-bond donors (Lipinski definition) is 1. The second kappa shape index (κ2) is 10.1. The molecule has 10 heteroatoms. The molecular weight excluding hydrogens is 457 g/mol. The smallest absolute Gasteiger partial charge is 0.278 e. The molecule has 0 spiro atoms. The molecule has 34 heavy (non-hydrogen) atoms. The Kier molecular flexibility index (Phi) is 6.64. The first-order valence-electron chi connectivity index (χ1n) is 11.1. The molecule has 0 amide bonds. The molecule has 0 atom stereocenters. The summed E-state index contributed by atoms with van der Waals surface area (Å²) in [6, 6.07) is 17.8. The van der Waals surface area contributed by atoms with Gasteiger partial charge in [0.05, 0.1) is 5.69 Å². The van der Waals surface area contributed by atoms with Gasteiger partial charge in [-0.25, -0.2) is 4.39 Å². The first-order chi connectivity index (χ1) is 16.7. The summed E-state index contributed by atoms with van der Waals surface area (Å²) in [5, 5.41) is 16.4. The SMILES string of the molecule is Fc1ccccc1N1CCN(CCNc2ccc(-c3nc(-c4ccc(Cl)cc4)no3)nn2)CC1. The molecule has 0 bridgehead atoms. The second-order valence-electron chi connectivity index (χ2n) is 7.94. The van der Waals surface area contributed by atoms with Crippen molar-refractivity contribution in [1.29, 1.82) is 0 Å². The van der Waals surface area contributed by atoms with Crippen LogP contribution in [0.5, 0.6) is 0 Å². The van der Waals surface area contributed by atoms with E-state index >= 15 is 0 Å². The van der Waals surface area contributed by atoms with Crippen molar-refractivity contribution in [2.24, 2.45) is 0 Å². The van der Waals surface area contributed by atoms with Crippen LogP contribution in [-0.2, 0) is 0 Å². The average molecular weight is 480 g/mol. The van der Waals surface area contributed by atoms with Crippen LogP contribution in [0.25, 0.3) is 23.0 Å². The van der Waals surface area contributed by atoms with Gasteiger partial charge in [-0.15, -0.1) is 10.2 Å². The van der Waals surface area contributed by atoms with Crippen molar-refractivity contribution in [1.82, 2.24) is 25.2 Å². The highest BCUT2D eigenvalue weighted by molar-refractivity contribution is 6.30. The summed E-state index contributed by atoms with van der Waals surface area (Å²) in [4.78, 5) is 8.84. The van der Waals surface area contributed by atoms with Crippen LogP contribution in [-0.4, -0.2) is 64.5 Å². The molecule has 1 N–H and O–H groups in total. The van der Waals surface area contributed by atoms with Crippen LogP contribution in [0.1, 0.15) is 0 Å². The van der Waals surface area contributed by atoms with E-state index in [4.69, 9.17) is 16.1 Å². The van der Waals surface area contributed by atoms with Gasteiger partial charge >= 0.3 is 0 Å². The topological polar surface area (TPSA) is 83.2 Å². The van der Waals surface area contributed by atoms with E-state index in [0.29, 0.717) is 33.9 Å². The van der Waals surface area contributed by atoms with Gasteiger partial charge in [0.25, 0.3) is 5.89 Å². The molecule has 3 heterocycles. The number of nitrogens with zero attached hydrogens (tertiary/aromatic N) is 6. The zero-order valence-electron chi connectivity index (χ0n) is 18.4. The van der Waals surface area contributed by atoms with Crippen LogP contribution in [0.2, 0.25) is 5.02 Å². The summed E-state index contributed by atoms with van der Waals surface area (Å²) < 4.78 is 19.3. The summed E-state index contributed by atoms with van der Waals surface area (Å²) in [6.45, 7) is 4.97. The number of halogens is 2. The number of hydrogen-bond acceptors (Lipinski definition) is 8. The minimum Gasteiger partial charge on any atom is -0.367 e. The summed E-state index contributed by atoms with van der Waals surface area (Å²) >= 11 is 5.92. The summed E-state index contributed by atoms with van der Waals surface area (Å²) in [7, 11) is 0. The monoisotopic (exact) mass is 479 g/mol. The lowest BCUT2D eigenvalue weighted by Gasteiger charge is -2.36. The van der Waals surface area contributed by atoms with Gasteiger partial charge in [-0.3, -0.25) is 4.90 Å². The number of nitrogens with one attached hydrogen (secondary N) is 1. The van der Waals surface area contributed by atoms with Crippen LogP contribution in [0.4, 0.5) is 15.9 Å². The van der Waals surface area contributed by atoms with Crippen molar-refractivity contribution in [3.05, 3.63) is 71.5 Å². The molecule has 1 fully saturated rings. The normalized spacial score (nSPS) is 14.4. The Hall–Kier alpha value is -3.56. The molecule has 0 radical (unpaired) electrons. The third-order valence-electron chi connectivity index (χ3n) is 5.71. The lowest BCUT2D eigenvalue weighted by molar-refractivity contribution is 0.266. The predicted molar refractivity (Wildman–Crippen MR) is 129 cm³/mol. The fourth-order valence-electron chi connectivity index (χ4n) is 3.85. The number of anilines is 2. The Morgan fingerprint density at radius 3 is 2.47 bits per heavy atom. The fraction of sp³-hybridized carbons (Fsp3) is 0.250. The predicted octanol–water partition coefficient (Wildman–Crippen LogP) is 4.22. The molecule has 174 valence electrons. The Morgan fingerprint density at radius 2 is 1.74 bits per heavy atom. The van der Waals surface area contributed by atoms with E-state index in [1.54, 1.807) is 24.3 Å². The highest BCUT2D eigenvalue weighted by Crippen LogP contribution is 2.23. The van der Waals surface area contributed by atoms with E-state index in [-0.39, 0.29) is 5.82 Å². The number of para-hydroxylation sites is 1. The lowest BCUT2D eigenvalue weighted by Crippen LogP contribution is -2.47. The quantitative estimate of drug-likeness (QED) is 0.422. The van der Waals surface area contributed by atoms with Crippen LogP contribution in [0.3, 0.4) is 0 Å². The first kappa shape index (κ1) is 22.2. The molecule has 0 saturated carbocycles. The van der Waals surface area contributed by atoms with Gasteiger partial charge in [0.2, 0.25) is 5.82 Å². The van der Waals surface area contributed by atoms with E-state index in [1.807, 2.05) is 30.3 Å². The maximum Gasteiger partial charge on any atom is 0.278 e. The van der Waals surface area contributed by atoms with Gasteiger partial charge in [0, 0.05) is 49.9 Å². The van der Waals surface area contributed by atoms with Gasteiger partial charge in [-0.05, 0) is 48.5 Å². The van der Waals surface area contributed by atoms with Crippen LogP contribution >= 0.6 is 11.6 Å². The highest BCUT2D eigenvalue weighted by Gasteiger charge is 2.19. The van der Waals surface area contributed by atoms with Crippen molar-refractivity contribution >= 4 is 23.1 Å². The first-order valence-corrected chi connectivity index (χ1v) is 11.4. The number of rotatable bonds is 7. The Labute approximate surface area is 201 Å². The molecule has 2 aromatic carbocycles. The van der Waals surface area contributed by atoms with Crippen LogP contribution in [0.15, 0.2) is 65.2 Å². The van der Waals surface area contributed by atoms with Crippen molar-refractivity contribution in [3.8, 4) is 23.0 Å². The van der Waals surface area contributed by atoms with Crippen molar-refractivity contribution < 1.29 is 8.91 Å². The van der Waals surface area contributed by atoms with Gasteiger partial charge < -0.3 is 14.7 Å². The van der Waals surface area contributed by atoms with Crippen molar-refractivity contribution in [2.75, 3.05) is 49.5 Å². The summed E-state index contributed by atoms with van der Waals surface area (Å²) in [5.41, 5.74) is 1.99. The molecule has 2 aromatic heterocycles. The zero-order chi connectivity index (χ0) is 23.3. The molecule has 8 nitrogen and oxygen atoms in total. The van der Waals surface area contributed by atoms with Crippen LogP contribution < -0.4 is 10.2 Å². The Balaban J connectivity index is 1.10. The van der Waals surface area contributed by atoms with Crippen molar-refractivity contribution in [3.63, 3.8) is 0 Å². The molecule has 1 saturated heterocycles. The van der Waals surface area contributed by atoms with E-state index in [9.17, 15) is 4.39 Å². The van der Waals surface area contributed by atoms with Gasteiger partial charge in [0.1, 0.15) is 11.6 Å². The number of benzene rings is 2. The largest absolute Gasteiger partial charge is 0.367 e. The molecule has 1 aliphatic heterocycles. The standard InChI is InChI=1S/C24H23ClFN7O/c25-18-7-5-17(6-8-18)23-28-24(34-31-23)20-9-10-22(30-29-20)27-11-12-32-13-15-33(16-14-32)21-4-2-1-3-19(21)26/h1-10H,11-16H2,(H,27,30). The lowest BCUT2D eigenvalue weighted by atomic mass is 10.2. The molecule has 0 aliphatic carbocycles. The molecule has 5 rings (SSSR count).